The molecule has 20 heavy (non-hydrogen) atoms. The summed E-state index contributed by atoms with van der Waals surface area (Å²) in [5, 5.41) is 8.48. The summed E-state index contributed by atoms with van der Waals surface area (Å²) in [7, 11) is 1.94. The Morgan fingerprint density at radius 1 is 1.25 bits per heavy atom. The van der Waals surface area contributed by atoms with Crippen molar-refractivity contribution in [3.8, 4) is 0 Å². The Labute approximate surface area is 141 Å². The molecule has 0 aliphatic carbocycles. The maximum atomic E-state index is 6.21. The fraction of sp³-hybridized carbons (Fsp3) is 0.357. The van der Waals surface area contributed by atoms with E-state index in [1.807, 2.05) is 30.1 Å². The first-order valence-electron chi connectivity index (χ1n) is 6.30. The molecule has 1 N–H and O–H groups in total. The van der Waals surface area contributed by atoms with Crippen LogP contribution in [0.3, 0.4) is 0 Å². The lowest BCUT2D eigenvalue weighted by molar-refractivity contribution is 0.483. The van der Waals surface area contributed by atoms with Gasteiger partial charge >= 0.3 is 0 Å². The van der Waals surface area contributed by atoms with Crippen molar-refractivity contribution in [1.82, 2.24) is 15.1 Å². The number of nitrogens with zero attached hydrogens (tertiary/aromatic N) is 2. The molecule has 2 aromatic rings. The molecular formula is C14H16Br2ClN3. The molecule has 1 atom stereocenters. The Bertz CT molecular complexity index is 610. The molecule has 0 amide bonds. The van der Waals surface area contributed by atoms with Gasteiger partial charge in [-0.1, -0.05) is 17.7 Å². The normalized spacial score (nSPS) is 12.9. The van der Waals surface area contributed by atoms with E-state index in [9.17, 15) is 0 Å². The second kappa shape index (κ2) is 6.60. The van der Waals surface area contributed by atoms with Crippen molar-refractivity contribution in [3.05, 3.63) is 49.6 Å². The number of nitrogens with one attached hydrogen (secondary N) is 1. The van der Waals surface area contributed by atoms with E-state index < -0.39 is 0 Å². The van der Waals surface area contributed by atoms with Crippen LogP contribution in [0.4, 0.5) is 0 Å². The molecule has 6 heteroatoms. The highest BCUT2D eigenvalue weighted by atomic mass is 79.9. The molecule has 0 spiro atoms. The summed E-state index contributed by atoms with van der Waals surface area (Å²) >= 11 is 13.2. The van der Waals surface area contributed by atoms with E-state index in [1.54, 1.807) is 0 Å². The quantitative estimate of drug-likeness (QED) is 0.757. The Morgan fingerprint density at radius 2 is 1.95 bits per heavy atom. The van der Waals surface area contributed by atoms with Gasteiger partial charge in [0.25, 0.3) is 0 Å². The van der Waals surface area contributed by atoms with E-state index in [0.29, 0.717) is 5.02 Å². The monoisotopic (exact) mass is 419 g/mol. The lowest BCUT2D eigenvalue weighted by atomic mass is 10.0. The van der Waals surface area contributed by atoms with Crippen molar-refractivity contribution >= 4 is 43.5 Å². The largest absolute Gasteiger partial charge is 0.308 e. The highest BCUT2D eigenvalue weighted by molar-refractivity contribution is 9.10. The number of halogens is 3. The van der Waals surface area contributed by atoms with Gasteiger partial charge in [-0.2, -0.15) is 5.10 Å². The molecule has 0 bridgehead atoms. The number of hydrogen-bond donors (Lipinski definition) is 1. The van der Waals surface area contributed by atoms with Gasteiger partial charge in [-0.25, -0.2) is 0 Å². The van der Waals surface area contributed by atoms with Crippen LogP contribution >= 0.6 is 43.5 Å². The van der Waals surface area contributed by atoms with Crippen LogP contribution in [0.15, 0.2) is 33.3 Å². The predicted octanol–water partition coefficient (Wildman–Crippen LogP) is 4.95. The van der Waals surface area contributed by atoms with Crippen LogP contribution < -0.4 is 5.32 Å². The number of rotatable bonds is 4. The highest BCUT2D eigenvalue weighted by Gasteiger charge is 2.22. The molecule has 1 aromatic carbocycles. The third-order valence-corrected chi connectivity index (χ3v) is 4.96. The zero-order valence-corrected chi connectivity index (χ0v) is 15.4. The molecule has 0 fully saturated rings. The van der Waals surface area contributed by atoms with Crippen molar-refractivity contribution < 1.29 is 0 Å². The molecule has 0 saturated heterocycles. The van der Waals surface area contributed by atoms with Crippen LogP contribution in [0.2, 0.25) is 5.02 Å². The van der Waals surface area contributed by atoms with Gasteiger partial charge < -0.3 is 5.32 Å². The van der Waals surface area contributed by atoms with Gasteiger partial charge in [-0.15, -0.1) is 0 Å². The standard InChI is InChI=1S/C14H16Br2ClN3/c1-8(2)20-14(11(16)7-19-20)13(18-3)9-4-5-10(15)12(17)6-9/h4-8,13,18H,1-3H3. The molecule has 0 aliphatic heterocycles. The smallest absolute Gasteiger partial charge is 0.0758 e. The Hall–Kier alpha value is -0.360. The van der Waals surface area contributed by atoms with E-state index in [1.165, 1.54) is 0 Å². The lowest BCUT2D eigenvalue weighted by Gasteiger charge is -2.21. The molecule has 1 heterocycles. The van der Waals surface area contributed by atoms with Crippen molar-refractivity contribution in [2.45, 2.75) is 25.9 Å². The van der Waals surface area contributed by atoms with Gasteiger partial charge in [-0.3, -0.25) is 4.68 Å². The maximum absolute atomic E-state index is 6.21. The topological polar surface area (TPSA) is 29.9 Å². The van der Waals surface area contributed by atoms with Crippen LogP contribution in [-0.2, 0) is 0 Å². The molecule has 0 saturated carbocycles. The molecular weight excluding hydrogens is 405 g/mol. The van der Waals surface area contributed by atoms with Crippen LogP contribution in [0.25, 0.3) is 0 Å². The van der Waals surface area contributed by atoms with Crippen molar-refractivity contribution in [2.75, 3.05) is 7.05 Å². The predicted molar refractivity (Wildman–Crippen MR) is 90.4 cm³/mol. The maximum Gasteiger partial charge on any atom is 0.0758 e. The second-order valence-electron chi connectivity index (χ2n) is 4.81. The molecule has 108 valence electrons. The lowest BCUT2D eigenvalue weighted by Crippen LogP contribution is -2.22. The van der Waals surface area contributed by atoms with Crippen LogP contribution in [0.5, 0.6) is 0 Å². The summed E-state index contributed by atoms with van der Waals surface area (Å²) in [6.45, 7) is 4.23. The van der Waals surface area contributed by atoms with E-state index in [4.69, 9.17) is 11.6 Å². The molecule has 0 aliphatic rings. The van der Waals surface area contributed by atoms with Gasteiger partial charge in [0.15, 0.2) is 0 Å². The summed E-state index contributed by atoms with van der Waals surface area (Å²) in [5.74, 6) is 0. The van der Waals surface area contributed by atoms with Crippen LogP contribution in [-0.4, -0.2) is 16.8 Å². The summed E-state index contributed by atoms with van der Waals surface area (Å²) < 4.78 is 3.90. The van der Waals surface area contributed by atoms with Crippen LogP contribution in [0.1, 0.15) is 37.2 Å². The third kappa shape index (κ3) is 3.11. The minimum atomic E-state index is 0.0277. The van der Waals surface area contributed by atoms with Gasteiger partial charge in [0, 0.05) is 10.5 Å². The van der Waals surface area contributed by atoms with Gasteiger partial charge in [0.05, 0.1) is 27.4 Å². The fourth-order valence-corrected chi connectivity index (χ4v) is 3.12. The van der Waals surface area contributed by atoms with Crippen molar-refractivity contribution in [3.63, 3.8) is 0 Å². The number of hydrogen-bond acceptors (Lipinski definition) is 2. The van der Waals surface area contributed by atoms with Crippen molar-refractivity contribution in [1.29, 1.82) is 0 Å². The molecule has 1 aromatic heterocycles. The first-order valence-corrected chi connectivity index (χ1v) is 8.27. The molecule has 1 unspecified atom stereocenters. The Kier molecular flexibility index (Phi) is 5.29. The first-order chi connectivity index (χ1) is 9.45. The zero-order valence-electron chi connectivity index (χ0n) is 11.5. The summed E-state index contributed by atoms with van der Waals surface area (Å²) in [6.07, 6.45) is 1.83. The number of aromatic nitrogens is 2. The zero-order chi connectivity index (χ0) is 14.9. The summed E-state index contributed by atoms with van der Waals surface area (Å²) in [6, 6.07) is 6.31. The minimum Gasteiger partial charge on any atom is -0.308 e. The van der Waals surface area contributed by atoms with Gasteiger partial charge in [0.1, 0.15) is 0 Å². The second-order valence-corrected chi connectivity index (χ2v) is 6.93. The number of benzene rings is 1. The fourth-order valence-electron chi connectivity index (χ4n) is 2.19. The molecule has 0 radical (unpaired) electrons. The van der Waals surface area contributed by atoms with Crippen molar-refractivity contribution in [2.24, 2.45) is 0 Å². The van der Waals surface area contributed by atoms with Gasteiger partial charge in [0.2, 0.25) is 0 Å². The Morgan fingerprint density at radius 3 is 2.50 bits per heavy atom. The average Bonchev–Trinajstić information content (AvgIpc) is 2.77. The van der Waals surface area contributed by atoms with E-state index in [-0.39, 0.29) is 12.1 Å². The molecule has 3 nitrogen and oxygen atoms in total. The Balaban J connectivity index is 2.52. The SMILES string of the molecule is CNC(c1ccc(Br)c(Cl)c1)c1c(Br)cnn1C(C)C. The average molecular weight is 422 g/mol. The summed E-state index contributed by atoms with van der Waals surface area (Å²) in [4.78, 5) is 0. The van der Waals surface area contributed by atoms with E-state index >= 15 is 0 Å². The van der Waals surface area contributed by atoms with Crippen LogP contribution in [0, 0.1) is 0 Å². The minimum absolute atomic E-state index is 0.0277. The third-order valence-electron chi connectivity index (χ3n) is 3.12. The highest BCUT2D eigenvalue weighted by Crippen LogP contribution is 2.33. The summed E-state index contributed by atoms with van der Waals surface area (Å²) in [5.41, 5.74) is 2.20. The van der Waals surface area contributed by atoms with Gasteiger partial charge in [-0.05, 0) is 70.5 Å². The molecule has 2 rings (SSSR count). The van der Waals surface area contributed by atoms with E-state index in [2.05, 4.69) is 62.2 Å². The van der Waals surface area contributed by atoms with E-state index in [0.717, 1.165) is 20.2 Å². The first kappa shape index (κ1) is 16.0.